The van der Waals surface area contributed by atoms with Gasteiger partial charge in [-0.3, -0.25) is 0 Å². The third-order valence-corrected chi connectivity index (χ3v) is 2.82. The lowest BCUT2D eigenvalue weighted by atomic mass is 9.95. The SMILES string of the molecule is CC(C)c1c(Cl)cc(F)c2c1CCO2. The van der Waals surface area contributed by atoms with Crippen molar-refractivity contribution >= 4 is 11.6 Å². The molecule has 0 atom stereocenters. The molecule has 1 nitrogen and oxygen atoms in total. The van der Waals surface area contributed by atoms with Crippen molar-refractivity contribution in [3.8, 4) is 5.75 Å². The molecule has 0 bridgehead atoms. The molecule has 0 aliphatic carbocycles. The van der Waals surface area contributed by atoms with Gasteiger partial charge in [0.05, 0.1) is 6.61 Å². The highest BCUT2D eigenvalue weighted by molar-refractivity contribution is 6.31. The molecule has 0 radical (unpaired) electrons. The van der Waals surface area contributed by atoms with Gasteiger partial charge in [0.1, 0.15) is 0 Å². The van der Waals surface area contributed by atoms with Crippen molar-refractivity contribution in [3.63, 3.8) is 0 Å². The van der Waals surface area contributed by atoms with Gasteiger partial charge in [0, 0.05) is 17.0 Å². The molecule has 0 saturated heterocycles. The van der Waals surface area contributed by atoms with Gasteiger partial charge in [-0.1, -0.05) is 25.4 Å². The fourth-order valence-electron chi connectivity index (χ4n) is 1.95. The molecule has 0 aromatic heterocycles. The van der Waals surface area contributed by atoms with E-state index >= 15 is 0 Å². The summed E-state index contributed by atoms with van der Waals surface area (Å²) in [6.45, 7) is 4.67. The van der Waals surface area contributed by atoms with Crippen LogP contribution in [-0.4, -0.2) is 6.61 Å². The molecular formula is C11H12ClFO. The normalized spacial score (nSPS) is 14.4. The van der Waals surface area contributed by atoms with Crippen LogP contribution in [0.1, 0.15) is 30.9 Å². The Balaban J connectivity index is 2.66. The molecule has 14 heavy (non-hydrogen) atoms. The molecule has 0 unspecified atom stereocenters. The van der Waals surface area contributed by atoms with E-state index < -0.39 is 0 Å². The van der Waals surface area contributed by atoms with Crippen LogP contribution in [0.25, 0.3) is 0 Å². The maximum Gasteiger partial charge on any atom is 0.166 e. The van der Waals surface area contributed by atoms with Gasteiger partial charge in [0.15, 0.2) is 11.6 Å². The summed E-state index contributed by atoms with van der Waals surface area (Å²) < 4.78 is 18.6. The number of halogens is 2. The first-order valence-corrected chi connectivity index (χ1v) is 5.12. The van der Waals surface area contributed by atoms with E-state index in [2.05, 4.69) is 13.8 Å². The van der Waals surface area contributed by atoms with E-state index in [-0.39, 0.29) is 5.82 Å². The molecule has 0 N–H and O–H groups in total. The standard InChI is InChI=1S/C11H12ClFO/c1-6(2)10-7-3-4-14-11(7)9(13)5-8(10)12/h5-6H,3-4H2,1-2H3. The van der Waals surface area contributed by atoms with Crippen LogP contribution in [0.15, 0.2) is 6.07 Å². The average Bonchev–Trinajstić information content (AvgIpc) is 2.51. The Bertz CT molecular complexity index is 374. The topological polar surface area (TPSA) is 9.23 Å². The second-order valence-corrected chi connectivity index (χ2v) is 4.22. The summed E-state index contributed by atoms with van der Waals surface area (Å²) in [5.74, 6) is 0.364. The van der Waals surface area contributed by atoms with E-state index in [4.69, 9.17) is 16.3 Å². The number of hydrogen-bond donors (Lipinski definition) is 0. The largest absolute Gasteiger partial charge is 0.490 e. The molecule has 76 valence electrons. The highest BCUT2D eigenvalue weighted by Crippen LogP contribution is 2.39. The van der Waals surface area contributed by atoms with Gasteiger partial charge in [0.2, 0.25) is 0 Å². The minimum atomic E-state index is -0.341. The Labute approximate surface area is 87.8 Å². The monoisotopic (exact) mass is 214 g/mol. The number of ether oxygens (including phenoxy) is 1. The third kappa shape index (κ3) is 1.38. The Morgan fingerprint density at radius 3 is 2.86 bits per heavy atom. The number of rotatable bonds is 1. The zero-order valence-electron chi connectivity index (χ0n) is 8.23. The summed E-state index contributed by atoms with van der Waals surface area (Å²) in [5.41, 5.74) is 1.98. The van der Waals surface area contributed by atoms with Crippen molar-refractivity contribution in [2.24, 2.45) is 0 Å². The molecule has 0 amide bonds. The molecule has 3 heteroatoms. The summed E-state index contributed by atoms with van der Waals surface area (Å²) in [5, 5.41) is 0.516. The molecule has 0 saturated carbocycles. The minimum absolute atomic E-state index is 0.304. The van der Waals surface area contributed by atoms with Crippen molar-refractivity contribution < 1.29 is 9.13 Å². The van der Waals surface area contributed by atoms with E-state index in [1.54, 1.807) is 0 Å². The Hall–Kier alpha value is -0.760. The molecule has 1 aliphatic rings. The van der Waals surface area contributed by atoms with E-state index in [1.165, 1.54) is 6.07 Å². The predicted molar refractivity (Wildman–Crippen MR) is 54.7 cm³/mol. The van der Waals surface area contributed by atoms with Crippen molar-refractivity contribution in [1.29, 1.82) is 0 Å². The van der Waals surface area contributed by atoms with Crippen molar-refractivity contribution in [2.45, 2.75) is 26.2 Å². The highest BCUT2D eigenvalue weighted by Gasteiger charge is 2.24. The first kappa shape index (κ1) is 9.78. The lowest BCUT2D eigenvalue weighted by Gasteiger charge is -2.13. The van der Waals surface area contributed by atoms with Gasteiger partial charge >= 0.3 is 0 Å². The fraction of sp³-hybridized carbons (Fsp3) is 0.455. The predicted octanol–water partition coefficient (Wildman–Crippen LogP) is 3.54. The molecule has 0 fully saturated rings. The van der Waals surface area contributed by atoms with Crippen molar-refractivity contribution in [3.05, 3.63) is 28.0 Å². The van der Waals surface area contributed by atoms with Gasteiger partial charge in [-0.2, -0.15) is 0 Å². The van der Waals surface area contributed by atoms with Gasteiger partial charge in [0.25, 0.3) is 0 Å². The lowest BCUT2D eigenvalue weighted by Crippen LogP contribution is -1.97. The Kier molecular flexibility index (Phi) is 2.40. The molecule has 1 aromatic carbocycles. The molecule has 1 aliphatic heterocycles. The van der Waals surface area contributed by atoms with Crippen LogP contribution < -0.4 is 4.74 Å². The summed E-state index contributed by atoms with van der Waals surface area (Å²) in [4.78, 5) is 0. The average molecular weight is 215 g/mol. The Morgan fingerprint density at radius 2 is 2.21 bits per heavy atom. The van der Waals surface area contributed by atoms with Gasteiger partial charge in [-0.15, -0.1) is 0 Å². The lowest BCUT2D eigenvalue weighted by molar-refractivity contribution is 0.339. The Morgan fingerprint density at radius 1 is 1.50 bits per heavy atom. The number of benzene rings is 1. The minimum Gasteiger partial charge on any atom is -0.490 e. The molecule has 0 spiro atoms. The zero-order chi connectivity index (χ0) is 10.3. The van der Waals surface area contributed by atoms with Gasteiger partial charge in [-0.05, 0) is 17.5 Å². The second-order valence-electron chi connectivity index (χ2n) is 3.81. The first-order valence-electron chi connectivity index (χ1n) is 4.75. The van der Waals surface area contributed by atoms with E-state index in [9.17, 15) is 4.39 Å². The maximum atomic E-state index is 13.4. The summed E-state index contributed by atoms with van der Waals surface area (Å²) in [6, 6.07) is 1.35. The molecular weight excluding hydrogens is 203 g/mol. The van der Waals surface area contributed by atoms with Crippen molar-refractivity contribution in [1.82, 2.24) is 0 Å². The van der Waals surface area contributed by atoms with Crippen LogP contribution in [0.5, 0.6) is 5.75 Å². The second kappa shape index (κ2) is 3.43. The van der Waals surface area contributed by atoms with Crippen LogP contribution in [-0.2, 0) is 6.42 Å². The van der Waals surface area contributed by atoms with E-state index in [0.29, 0.717) is 23.3 Å². The molecule has 2 rings (SSSR count). The van der Waals surface area contributed by atoms with Gasteiger partial charge < -0.3 is 4.74 Å². The maximum absolute atomic E-state index is 13.4. The fourth-order valence-corrected chi connectivity index (χ4v) is 2.38. The third-order valence-electron chi connectivity index (χ3n) is 2.50. The quantitative estimate of drug-likeness (QED) is 0.695. The molecule has 1 heterocycles. The zero-order valence-corrected chi connectivity index (χ0v) is 8.99. The number of fused-ring (bicyclic) bond motifs is 1. The van der Waals surface area contributed by atoms with E-state index in [1.807, 2.05) is 0 Å². The first-order chi connectivity index (χ1) is 6.61. The number of hydrogen-bond acceptors (Lipinski definition) is 1. The van der Waals surface area contributed by atoms with Crippen LogP contribution in [0.3, 0.4) is 0 Å². The summed E-state index contributed by atoms with van der Waals surface area (Å²) in [7, 11) is 0. The molecule has 1 aromatic rings. The van der Waals surface area contributed by atoms with E-state index in [0.717, 1.165) is 17.5 Å². The summed E-state index contributed by atoms with van der Waals surface area (Å²) >= 11 is 6.01. The highest BCUT2D eigenvalue weighted by atomic mass is 35.5. The summed E-state index contributed by atoms with van der Waals surface area (Å²) in [6.07, 6.45) is 0.764. The van der Waals surface area contributed by atoms with Crippen LogP contribution in [0, 0.1) is 5.82 Å². The van der Waals surface area contributed by atoms with Gasteiger partial charge in [-0.25, -0.2) is 4.39 Å². The van der Waals surface area contributed by atoms with Crippen LogP contribution in [0.4, 0.5) is 4.39 Å². The van der Waals surface area contributed by atoms with Crippen LogP contribution >= 0.6 is 11.6 Å². The van der Waals surface area contributed by atoms with Crippen molar-refractivity contribution in [2.75, 3.05) is 6.61 Å². The smallest absolute Gasteiger partial charge is 0.166 e. The van der Waals surface area contributed by atoms with Crippen LogP contribution in [0.2, 0.25) is 5.02 Å².